The third kappa shape index (κ3) is 8.66. The summed E-state index contributed by atoms with van der Waals surface area (Å²) >= 11 is 5.51. The Labute approximate surface area is 96.3 Å². The van der Waals surface area contributed by atoms with Gasteiger partial charge in [-0.1, -0.05) is 0 Å². The molecule has 0 aliphatic carbocycles. The molecule has 0 aliphatic heterocycles. The minimum absolute atomic E-state index is 0.0401. The summed E-state index contributed by atoms with van der Waals surface area (Å²) < 4.78 is 10.0. The van der Waals surface area contributed by atoms with Gasteiger partial charge in [-0.3, -0.25) is 4.79 Å². The lowest BCUT2D eigenvalue weighted by atomic mass is 10.2. The number of unbranched alkanes of at least 4 members (excludes halogenated alkanes) is 1. The highest BCUT2D eigenvalue weighted by atomic mass is 35.5. The number of halogens is 1. The highest BCUT2D eigenvalue weighted by Gasteiger charge is 2.08. The highest BCUT2D eigenvalue weighted by molar-refractivity contribution is 6.17. The van der Waals surface area contributed by atoms with Crippen LogP contribution >= 0.6 is 11.6 Å². The lowest BCUT2D eigenvalue weighted by molar-refractivity contribution is -0.121. The van der Waals surface area contributed by atoms with Gasteiger partial charge in [0.2, 0.25) is 5.91 Å². The van der Waals surface area contributed by atoms with Crippen LogP contribution in [-0.2, 0) is 14.3 Å². The second kappa shape index (κ2) is 10.2. The molecule has 0 aromatic heterocycles. The van der Waals surface area contributed by atoms with E-state index in [0.29, 0.717) is 25.5 Å². The molecule has 1 N–H and O–H groups in total. The molecule has 1 unspecified atom stereocenters. The van der Waals surface area contributed by atoms with Crippen LogP contribution in [0.5, 0.6) is 0 Å². The molecule has 0 saturated heterocycles. The zero-order valence-electron chi connectivity index (χ0n) is 9.42. The number of hydrogen-bond donors (Lipinski definition) is 1. The van der Waals surface area contributed by atoms with Crippen molar-refractivity contribution < 1.29 is 14.3 Å². The largest absolute Gasteiger partial charge is 0.382 e. The highest BCUT2D eigenvalue weighted by Crippen LogP contribution is 1.97. The molecule has 1 amide bonds. The third-order valence-electron chi connectivity index (χ3n) is 2.00. The van der Waals surface area contributed by atoms with Gasteiger partial charge in [0, 0.05) is 33.1 Å². The van der Waals surface area contributed by atoms with E-state index in [1.165, 1.54) is 0 Å². The van der Waals surface area contributed by atoms with E-state index in [0.717, 1.165) is 12.8 Å². The Balaban J connectivity index is 3.50. The number of carbonyl (C=O) groups excluding carboxylic acids is 1. The quantitative estimate of drug-likeness (QED) is 0.484. The van der Waals surface area contributed by atoms with Crippen molar-refractivity contribution in [3.05, 3.63) is 0 Å². The van der Waals surface area contributed by atoms with Gasteiger partial charge in [0.25, 0.3) is 0 Å². The second-order valence-electron chi connectivity index (χ2n) is 3.26. The van der Waals surface area contributed by atoms with Gasteiger partial charge in [-0.05, 0) is 12.8 Å². The van der Waals surface area contributed by atoms with E-state index in [9.17, 15) is 4.79 Å². The second-order valence-corrected chi connectivity index (χ2v) is 3.64. The van der Waals surface area contributed by atoms with Crippen molar-refractivity contribution in [1.29, 1.82) is 0 Å². The molecule has 90 valence electrons. The zero-order valence-corrected chi connectivity index (χ0v) is 10.2. The minimum Gasteiger partial charge on any atom is -0.382 e. The maximum absolute atomic E-state index is 11.3. The van der Waals surface area contributed by atoms with Crippen LogP contribution < -0.4 is 5.32 Å². The summed E-state index contributed by atoms with van der Waals surface area (Å²) in [7, 11) is 3.21. The van der Waals surface area contributed by atoms with E-state index < -0.39 is 0 Å². The summed E-state index contributed by atoms with van der Waals surface area (Å²) in [6.07, 6.45) is 2.15. The van der Waals surface area contributed by atoms with Gasteiger partial charge >= 0.3 is 0 Å². The van der Waals surface area contributed by atoms with Crippen LogP contribution in [0.15, 0.2) is 0 Å². The Kier molecular flexibility index (Phi) is 9.99. The van der Waals surface area contributed by atoms with Crippen LogP contribution in [0.3, 0.4) is 0 Å². The van der Waals surface area contributed by atoms with Gasteiger partial charge in [0.05, 0.1) is 12.7 Å². The van der Waals surface area contributed by atoms with E-state index in [-0.39, 0.29) is 12.0 Å². The van der Waals surface area contributed by atoms with Crippen molar-refractivity contribution >= 4 is 17.5 Å². The topological polar surface area (TPSA) is 47.6 Å². The molecule has 0 heterocycles. The fourth-order valence-corrected chi connectivity index (χ4v) is 1.28. The Bertz CT molecular complexity index is 167. The molecular weight excluding hydrogens is 218 g/mol. The van der Waals surface area contributed by atoms with Crippen molar-refractivity contribution in [3.8, 4) is 0 Å². The predicted octanol–water partition coefficient (Wildman–Crippen LogP) is 1.17. The Morgan fingerprint density at radius 3 is 2.67 bits per heavy atom. The Morgan fingerprint density at radius 1 is 1.40 bits per heavy atom. The van der Waals surface area contributed by atoms with Crippen LogP contribution in [-0.4, -0.2) is 45.3 Å². The van der Waals surface area contributed by atoms with E-state index >= 15 is 0 Å². The summed E-state index contributed by atoms with van der Waals surface area (Å²) in [4.78, 5) is 11.3. The summed E-state index contributed by atoms with van der Waals surface area (Å²) in [5.41, 5.74) is 0. The van der Waals surface area contributed by atoms with Crippen LogP contribution in [0.2, 0.25) is 0 Å². The van der Waals surface area contributed by atoms with Crippen LogP contribution in [0.4, 0.5) is 0 Å². The van der Waals surface area contributed by atoms with E-state index in [4.69, 9.17) is 21.1 Å². The van der Waals surface area contributed by atoms with Crippen molar-refractivity contribution in [3.63, 3.8) is 0 Å². The maximum atomic E-state index is 11.3. The molecule has 4 nitrogen and oxygen atoms in total. The molecule has 0 saturated carbocycles. The molecule has 0 aliphatic rings. The molecule has 0 spiro atoms. The number of carbonyl (C=O) groups is 1. The lowest BCUT2D eigenvalue weighted by Gasteiger charge is -2.14. The third-order valence-corrected chi connectivity index (χ3v) is 2.27. The molecule has 0 rings (SSSR count). The number of rotatable bonds is 9. The Morgan fingerprint density at radius 2 is 2.13 bits per heavy atom. The van der Waals surface area contributed by atoms with Crippen molar-refractivity contribution in [2.45, 2.75) is 25.4 Å². The Hall–Kier alpha value is -0.320. The van der Waals surface area contributed by atoms with Gasteiger partial charge in [0.1, 0.15) is 0 Å². The molecule has 5 heteroatoms. The number of ether oxygens (including phenoxy) is 2. The summed E-state index contributed by atoms with van der Waals surface area (Å²) in [5.74, 6) is 0.649. The first-order chi connectivity index (χ1) is 7.24. The smallest absolute Gasteiger partial charge is 0.220 e. The van der Waals surface area contributed by atoms with Gasteiger partial charge in [0.15, 0.2) is 0 Å². The van der Waals surface area contributed by atoms with E-state index in [2.05, 4.69) is 5.32 Å². The average Bonchev–Trinajstić information content (AvgIpc) is 2.24. The number of methoxy groups -OCH3 is 2. The van der Waals surface area contributed by atoms with Crippen molar-refractivity contribution in [2.24, 2.45) is 0 Å². The molecule has 15 heavy (non-hydrogen) atoms. The van der Waals surface area contributed by atoms with E-state index in [1.54, 1.807) is 14.2 Å². The van der Waals surface area contributed by atoms with Gasteiger partial charge < -0.3 is 14.8 Å². The molecule has 0 aromatic rings. The van der Waals surface area contributed by atoms with Crippen LogP contribution in [0.25, 0.3) is 0 Å². The summed E-state index contributed by atoms with van der Waals surface area (Å²) in [6, 6.07) is 0. The van der Waals surface area contributed by atoms with Crippen molar-refractivity contribution in [1.82, 2.24) is 5.32 Å². The van der Waals surface area contributed by atoms with Crippen molar-refractivity contribution in [2.75, 3.05) is 33.3 Å². The zero-order chi connectivity index (χ0) is 11.5. The molecule has 0 bridgehead atoms. The molecule has 0 fully saturated rings. The van der Waals surface area contributed by atoms with Gasteiger partial charge in [-0.25, -0.2) is 0 Å². The summed E-state index contributed by atoms with van der Waals surface area (Å²) in [5, 5.41) is 2.79. The number of hydrogen-bond acceptors (Lipinski definition) is 3. The molecular formula is C10H20ClNO3. The molecule has 0 aromatic carbocycles. The fourth-order valence-electron chi connectivity index (χ4n) is 1.09. The van der Waals surface area contributed by atoms with Gasteiger partial charge in [-0.15, -0.1) is 11.6 Å². The average molecular weight is 238 g/mol. The first kappa shape index (κ1) is 14.7. The SMILES string of the molecule is COCC(CNC(=O)CCCCCl)OC. The van der Waals surface area contributed by atoms with Crippen LogP contribution in [0, 0.1) is 0 Å². The first-order valence-electron chi connectivity index (χ1n) is 5.09. The van der Waals surface area contributed by atoms with Gasteiger partial charge in [-0.2, -0.15) is 0 Å². The number of amides is 1. The number of nitrogens with one attached hydrogen (secondary N) is 1. The van der Waals surface area contributed by atoms with Crippen LogP contribution in [0.1, 0.15) is 19.3 Å². The number of alkyl halides is 1. The monoisotopic (exact) mass is 237 g/mol. The normalized spacial score (nSPS) is 12.5. The van der Waals surface area contributed by atoms with E-state index in [1.807, 2.05) is 0 Å². The minimum atomic E-state index is -0.0769. The molecule has 1 atom stereocenters. The maximum Gasteiger partial charge on any atom is 0.220 e. The lowest BCUT2D eigenvalue weighted by Crippen LogP contribution is -2.35. The summed E-state index contributed by atoms with van der Waals surface area (Å²) in [6.45, 7) is 0.975. The predicted molar refractivity (Wildman–Crippen MR) is 60.3 cm³/mol. The molecule has 0 radical (unpaired) electrons. The first-order valence-corrected chi connectivity index (χ1v) is 5.62. The fraction of sp³-hybridized carbons (Fsp3) is 0.900. The standard InChI is InChI=1S/C10H20ClNO3/c1-14-8-9(15-2)7-12-10(13)5-3-4-6-11/h9H,3-8H2,1-2H3,(H,12,13).